The minimum absolute atomic E-state index is 0.0254. The molecule has 0 heterocycles. The molecule has 0 aromatic heterocycles. The van der Waals surface area contributed by atoms with E-state index in [1.54, 1.807) is 19.2 Å². The number of amides is 2. The summed E-state index contributed by atoms with van der Waals surface area (Å²) in [7, 11) is 1.55. The molecule has 0 aliphatic carbocycles. The highest BCUT2D eigenvalue weighted by Gasteiger charge is 2.15. The van der Waals surface area contributed by atoms with E-state index < -0.39 is 4.92 Å². The molecule has 0 aliphatic heterocycles. The van der Waals surface area contributed by atoms with Gasteiger partial charge in [0.2, 0.25) is 11.8 Å². The van der Waals surface area contributed by atoms with Gasteiger partial charge in [-0.2, -0.15) is 0 Å². The van der Waals surface area contributed by atoms with E-state index in [4.69, 9.17) is 0 Å². The zero-order chi connectivity index (χ0) is 19.3. The standard InChI is InChI=1S/C19H21N3O4/c1-13-5-4-6-14(2)19(13)20-17(23)12-21(3)18(24)11-15-7-9-16(10-8-15)22(25)26/h4-10H,11-12H2,1-3H3,(H,20,23). The minimum atomic E-state index is -0.490. The van der Waals surface area contributed by atoms with E-state index in [0.717, 1.165) is 16.8 Å². The number of hydrogen-bond donors (Lipinski definition) is 1. The Labute approximate surface area is 151 Å². The third-order valence-corrected chi connectivity index (χ3v) is 4.05. The Morgan fingerprint density at radius 3 is 2.19 bits per heavy atom. The van der Waals surface area contributed by atoms with Gasteiger partial charge in [0.25, 0.3) is 5.69 Å². The SMILES string of the molecule is Cc1cccc(C)c1NC(=O)CN(C)C(=O)Cc1ccc([N+](=O)[O-])cc1. The Morgan fingerprint density at radius 2 is 1.65 bits per heavy atom. The van der Waals surface area contributed by atoms with Crippen LogP contribution in [0.4, 0.5) is 11.4 Å². The van der Waals surface area contributed by atoms with Gasteiger partial charge in [-0.3, -0.25) is 19.7 Å². The molecule has 0 bridgehead atoms. The maximum absolute atomic E-state index is 12.3. The summed E-state index contributed by atoms with van der Waals surface area (Å²) in [5, 5.41) is 13.5. The molecule has 0 atom stereocenters. The zero-order valence-corrected chi connectivity index (χ0v) is 15.0. The summed E-state index contributed by atoms with van der Waals surface area (Å²) in [6.45, 7) is 3.75. The number of nitrogens with zero attached hydrogens (tertiary/aromatic N) is 2. The lowest BCUT2D eigenvalue weighted by Gasteiger charge is -2.18. The van der Waals surface area contributed by atoms with E-state index in [1.165, 1.54) is 17.0 Å². The maximum atomic E-state index is 12.3. The van der Waals surface area contributed by atoms with Crippen molar-refractivity contribution in [2.24, 2.45) is 0 Å². The van der Waals surface area contributed by atoms with E-state index >= 15 is 0 Å². The number of hydrogen-bond acceptors (Lipinski definition) is 4. The number of anilines is 1. The summed E-state index contributed by atoms with van der Waals surface area (Å²) in [6, 6.07) is 11.5. The number of benzene rings is 2. The predicted molar refractivity (Wildman–Crippen MR) is 99.0 cm³/mol. The molecule has 0 radical (unpaired) electrons. The molecule has 0 saturated heterocycles. The molecule has 1 N–H and O–H groups in total. The fourth-order valence-corrected chi connectivity index (χ4v) is 2.54. The molecular weight excluding hydrogens is 334 g/mol. The summed E-state index contributed by atoms with van der Waals surface area (Å²) in [5.74, 6) is -0.516. The topological polar surface area (TPSA) is 92.6 Å². The van der Waals surface area contributed by atoms with Crippen LogP contribution in [0.2, 0.25) is 0 Å². The number of rotatable bonds is 6. The molecule has 7 heteroatoms. The first-order valence-electron chi connectivity index (χ1n) is 8.11. The van der Waals surface area contributed by atoms with Crippen molar-refractivity contribution >= 4 is 23.2 Å². The predicted octanol–water partition coefficient (Wildman–Crippen LogP) is 2.85. The fraction of sp³-hybridized carbons (Fsp3) is 0.263. The van der Waals surface area contributed by atoms with Crippen LogP contribution in [0.1, 0.15) is 16.7 Å². The summed E-state index contributed by atoms with van der Waals surface area (Å²) in [5.41, 5.74) is 3.30. The van der Waals surface area contributed by atoms with Crippen molar-refractivity contribution in [3.05, 3.63) is 69.3 Å². The van der Waals surface area contributed by atoms with E-state index in [-0.39, 0.29) is 30.5 Å². The lowest BCUT2D eigenvalue weighted by atomic mass is 10.1. The maximum Gasteiger partial charge on any atom is 0.269 e. The van der Waals surface area contributed by atoms with Crippen LogP contribution in [0.15, 0.2) is 42.5 Å². The van der Waals surface area contributed by atoms with Gasteiger partial charge in [-0.05, 0) is 30.5 Å². The van der Waals surface area contributed by atoms with E-state index in [0.29, 0.717) is 5.56 Å². The first kappa shape index (κ1) is 19.1. The van der Waals surface area contributed by atoms with Gasteiger partial charge in [-0.15, -0.1) is 0 Å². The van der Waals surface area contributed by atoms with Crippen LogP contribution in [0.3, 0.4) is 0 Å². The Balaban J connectivity index is 1.93. The summed E-state index contributed by atoms with van der Waals surface area (Å²) >= 11 is 0. The quantitative estimate of drug-likeness (QED) is 0.637. The fourth-order valence-electron chi connectivity index (χ4n) is 2.54. The van der Waals surface area contributed by atoms with Gasteiger partial charge in [0.15, 0.2) is 0 Å². The first-order chi connectivity index (χ1) is 12.3. The lowest BCUT2D eigenvalue weighted by molar-refractivity contribution is -0.384. The minimum Gasteiger partial charge on any atom is -0.336 e. The van der Waals surface area contributed by atoms with Gasteiger partial charge in [0.05, 0.1) is 17.9 Å². The highest BCUT2D eigenvalue weighted by Crippen LogP contribution is 2.19. The number of para-hydroxylation sites is 1. The molecule has 0 fully saturated rings. The Hall–Kier alpha value is -3.22. The van der Waals surface area contributed by atoms with Gasteiger partial charge >= 0.3 is 0 Å². The molecule has 0 aliphatic rings. The van der Waals surface area contributed by atoms with Gasteiger partial charge in [-0.25, -0.2) is 0 Å². The third kappa shape index (κ3) is 4.89. The molecule has 2 aromatic carbocycles. The Kier molecular flexibility index (Phi) is 6.06. The molecular formula is C19H21N3O4. The molecule has 26 heavy (non-hydrogen) atoms. The number of carbonyl (C=O) groups is 2. The second kappa shape index (κ2) is 8.24. The Bertz CT molecular complexity index is 811. The highest BCUT2D eigenvalue weighted by molar-refractivity contribution is 5.95. The van der Waals surface area contributed by atoms with Crippen molar-refractivity contribution in [2.45, 2.75) is 20.3 Å². The molecule has 136 valence electrons. The lowest BCUT2D eigenvalue weighted by Crippen LogP contribution is -2.36. The number of likely N-dealkylation sites (N-methyl/N-ethyl adjacent to an activating group) is 1. The number of nitrogens with one attached hydrogen (secondary N) is 1. The van der Waals surface area contributed by atoms with E-state index in [2.05, 4.69) is 5.32 Å². The van der Waals surface area contributed by atoms with Crippen LogP contribution in [-0.2, 0) is 16.0 Å². The van der Waals surface area contributed by atoms with Crippen molar-refractivity contribution < 1.29 is 14.5 Å². The second-order valence-electron chi connectivity index (χ2n) is 6.17. The number of carbonyl (C=O) groups excluding carboxylic acids is 2. The summed E-state index contributed by atoms with van der Waals surface area (Å²) < 4.78 is 0. The number of nitro benzene ring substituents is 1. The smallest absolute Gasteiger partial charge is 0.269 e. The van der Waals surface area contributed by atoms with Gasteiger partial charge in [-0.1, -0.05) is 30.3 Å². The summed E-state index contributed by atoms with van der Waals surface area (Å²) in [4.78, 5) is 36.0. The van der Waals surface area contributed by atoms with Crippen LogP contribution >= 0.6 is 0 Å². The van der Waals surface area contributed by atoms with E-state index in [1.807, 2.05) is 32.0 Å². The number of nitro groups is 1. The molecule has 0 saturated carbocycles. The first-order valence-corrected chi connectivity index (χ1v) is 8.11. The highest BCUT2D eigenvalue weighted by atomic mass is 16.6. The molecule has 2 rings (SSSR count). The van der Waals surface area contributed by atoms with Crippen molar-refractivity contribution in [1.82, 2.24) is 4.90 Å². The number of non-ortho nitro benzene ring substituents is 1. The average Bonchev–Trinajstić information content (AvgIpc) is 2.58. The van der Waals surface area contributed by atoms with Crippen LogP contribution in [0, 0.1) is 24.0 Å². The monoisotopic (exact) mass is 355 g/mol. The average molecular weight is 355 g/mol. The van der Waals surface area contributed by atoms with Gasteiger partial charge in [0.1, 0.15) is 0 Å². The number of aryl methyl sites for hydroxylation is 2. The van der Waals surface area contributed by atoms with Crippen LogP contribution in [0.25, 0.3) is 0 Å². The Morgan fingerprint density at radius 1 is 1.08 bits per heavy atom. The van der Waals surface area contributed by atoms with Crippen molar-refractivity contribution in [1.29, 1.82) is 0 Å². The van der Waals surface area contributed by atoms with Crippen molar-refractivity contribution in [3.8, 4) is 0 Å². The second-order valence-corrected chi connectivity index (χ2v) is 6.17. The summed E-state index contributed by atoms with van der Waals surface area (Å²) in [6.07, 6.45) is 0.0746. The largest absolute Gasteiger partial charge is 0.336 e. The molecule has 2 aromatic rings. The van der Waals surface area contributed by atoms with Crippen molar-refractivity contribution in [3.63, 3.8) is 0 Å². The van der Waals surface area contributed by atoms with Gasteiger partial charge < -0.3 is 10.2 Å². The zero-order valence-electron chi connectivity index (χ0n) is 15.0. The normalized spacial score (nSPS) is 10.3. The van der Waals surface area contributed by atoms with Crippen LogP contribution in [-0.4, -0.2) is 35.2 Å². The third-order valence-electron chi connectivity index (χ3n) is 4.05. The van der Waals surface area contributed by atoms with Crippen molar-refractivity contribution in [2.75, 3.05) is 18.9 Å². The van der Waals surface area contributed by atoms with E-state index in [9.17, 15) is 19.7 Å². The van der Waals surface area contributed by atoms with Crippen LogP contribution in [0.5, 0.6) is 0 Å². The molecule has 0 spiro atoms. The van der Waals surface area contributed by atoms with Crippen LogP contribution < -0.4 is 5.32 Å². The molecule has 2 amide bonds. The molecule has 0 unspecified atom stereocenters. The molecule has 7 nitrogen and oxygen atoms in total. The van der Waals surface area contributed by atoms with Gasteiger partial charge in [0, 0.05) is 24.9 Å².